The molecular formula is C18H16N2O. The van der Waals surface area contributed by atoms with Gasteiger partial charge in [0.25, 0.3) is 0 Å². The number of nitrogens with one attached hydrogen (secondary N) is 2. The molecule has 0 heterocycles. The molecule has 2 N–H and O–H groups in total. The van der Waals surface area contributed by atoms with Crippen molar-refractivity contribution in [2.75, 3.05) is 5.32 Å². The molecule has 0 saturated carbocycles. The lowest BCUT2D eigenvalue weighted by Gasteiger charge is -2.08. The minimum absolute atomic E-state index is 0.200. The number of fused-ring (bicyclic) bond motifs is 1. The van der Waals surface area contributed by atoms with E-state index >= 15 is 0 Å². The zero-order valence-corrected chi connectivity index (χ0v) is 11.5. The van der Waals surface area contributed by atoms with E-state index < -0.39 is 0 Å². The smallest absolute Gasteiger partial charge is 0.319 e. The summed E-state index contributed by atoms with van der Waals surface area (Å²) in [6.07, 6.45) is 0. The maximum atomic E-state index is 11.8. The molecule has 0 aromatic heterocycles. The van der Waals surface area contributed by atoms with E-state index in [4.69, 9.17) is 0 Å². The van der Waals surface area contributed by atoms with E-state index in [9.17, 15) is 4.79 Å². The highest BCUT2D eigenvalue weighted by molar-refractivity contribution is 5.89. The normalized spacial score (nSPS) is 10.3. The maximum Gasteiger partial charge on any atom is 0.319 e. The van der Waals surface area contributed by atoms with Gasteiger partial charge in [-0.2, -0.15) is 0 Å². The number of hydrogen-bond donors (Lipinski definition) is 2. The third-order valence-corrected chi connectivity index (χ3v) is 3.30. The van der Waals surface area contributed by atoms with Crippen LogP contribution < -0.4 is 10.6 Å². The number of carbonyl (C=O) groups is 1. The molecule has 104 valence electrons. The SMILES string of the molecule is O=C(NCc1ccc2ccccc2c1)Nc1ccccc1. The molecule has 3 aromatic carbocycles. The van der Waals surface area contributed by atoms with Gasteiger partial charge in [-0.25, -0.2) is 4.79 Å². The number of rotatable bonds is 3. The van der Waals surface area contributed by atoms with Crippen molar-refractivity contribution < 1.29 is 4.79 Å². The molecule has 0 spiro atoms. The lowest BCUT2D eigenvalue weighted by atomic mass is 10.1. The van der Waals surface area contributed by atoms with Crippen molar-refractivity contribution in [2.24, 2.45) is 0 Å². The van der Waals surface area contributed by atoms with Crippen molar-refractivity contribution in [3.63, 3.8) is 0 Å². The Labute approximate surface area is 123 Å². The second kappa shape index (κ2) is 6.09. The number of urea groups is 1. The van der Waals surface area contributed by atoms with Gasteiger partial charge >= 0.3 is 6.03 Å². The fraction of sp³-hybridized carbons (Fsp3) is 0.0556. The van der Waals surface area contributed by atoms with Gasteiger partial charge < -0.3 is 10.6 Å². The monoisotopic (exact) mass is 276 g/mol. The summed E-state index contributed by atoms with van der Waals surface area (Å²) in [5.41, 5.74) is 1.87. The van der Waals surface area contributed by atoms with Crippen LogP contribution in [0.5, 0.6) is 0 Å². The predicted molar refractivity (Wildman–Crippen MR) is 86.2 cm³/mol. The van der Waals surface area contributed by atoms with Crippen LogP contribution in [0.15, 0.2) is 72.8 Å². The van der Waals surface area contributed by atoms with Crippen molar-refractivity contribution in [3.05, 3.63) is 78.4 Å². The van der Waals surface area contributed by atoms with Crippen LogP contribution in [0.3, 0.4) is 0 Å². The summed E-state index contributed by atoms with van der Waals surface area (Å²) < 4.78 is 0. The number of hydrogen-bond acceptors (Lipinski definition) is 1. The van der Waals surface area contributed by atoms with Crippen LogP contribution in [0.1, 0.15) is 5.56 Å². The zero-order valence-electron chi connectivity index (χ0n) is 11.5. The van der Waals surface area contributed by atoms with Crippen molar-refractivity contribution in [2.45, 2.75) is 6.54 Å². The van der Waals surface area contributed by atoms with E-state index in [1.165, 1.54) is 10.8 Å². The Morgan fingerprint density at radius 3 is 2.33 bits per heavy atom. The van der Waals surface area contributed by atoms with E-state index in [2.05, 4.69) is 34.9 Å². The molecule has 0 fully saturated rings. The second-order valence-corrected chi connectivity index (χ2v) is 4.86. The minimum atomic E-state index is -0.200. The summed E-state index contributed by atoms with van der Waals surface area (Å²) in [4.78, 5) is 11.8. The quantitative estimate of drug-likeness (QED) is 0.741. The van der Waals surface area contributed by atoms with E-state index in [0.717, 1.165) is 11.3 Å². The number of anilines is 1. The summed E-state index contributed by atoms with van der Waals surface area (Å²) >= 11 is 0. The third-order valence-electron chi connectivity index (χ3n) is 3.30. The number of carbonyl (C=O) groups excluding carboxylic acids is 1. The van der Waals surface area contributed by atoms with E-state index in [1.54, 1.807) is 0 Å². The lowest BCUT2D eigenvalue weighted by molar-refractivity contribution is 0.251. The van der Waals surface area contributed by atoms with Gasteiger partial charge in [-0.15, -0.1) is 0 Å². The minimum Gasteiger partial charge on any atom is -0.334 e. The van der Waals surface area contributed by atoms with Crippen LogP contribution >= 0.6 is 0 Å². The highest BCUT2D eigenvalue weighted by atomic mass is 16.2. The zero-order chi connectivity index (χ0) is 14.5. The van der Waals surface area contributed by atoms with Crippen LogP contribution in [0.25, 0.3) is 10.8 Å². The van der Waals surface area contributed by atoms with Crippen LogP contribution in [0.2, 0.25) is 0 Å². The molecule has 21 heavy (non-hydrogen) atoms. The molecule has 0 aliphatic heterocycles. The number of benzene rings is 3. The van der Waals surface area contributed by atoms with Gasteiger partial charge in [-0.3, -0.25) is 0 Å². The number of para-hydroxylation sites is 1. The molecule has 3 nitrogen and oxygen atoms in total. The molecule has 2 amide bonds. The maximum absolute atomic E-state index is 11.8. The topological polar surface area (TPSA) is 41.1 Å². The van der Waals surface area contributed by atoms with Gasteiger partial charge in [0.1, 0.15) is 0 Å². The Morgan fingerprint density at radius 1 is 0.810 bits per heavy atom. The van der Waals surface area contributed by atoms with E-state index in [1.807, 2.05) is 48.5 Å². The van der Waals surface area contributed by atoms with Crippen LogP contribution in [0.4, 0.5) is 10.5 Å². The van der Waals surface area contributed by atoms with Crippen LogP contribution in [-0.4, -0.2) is 6.03 Å². The Morgan fingerprint density at radius 2 is 1.52 bits per heavy atom. The van der Waals surface area contributed by atoms with E-state index in [0.29, 0.717) is 6.54 Å². The first-order valence-corrected chi connectivity index (χ1v) is 6.89. The van der Waals surface area contributed by atoms with Crippen molar-refractivity contribution in [1.82, 2.24) is 5.32 Å². The Kier molecular flexibility index (Phi) is 3.83. The lowest BCUT2D eigenvalue weighted by Crippen LogP contribution is -2.28. The summed E-state index contributed by atoms with van der Waals surface area (Å²) in [5, 5.41) is 8.05. The van der Waals surface area contributed by atoms with Gasteiger partial charge in [0, 0.05) is 12.2 Å². The fourth-order valence-electron chi connectivity index (χ4n) is 2.23. The molecule has 0 unspecified atom stereocenters. The fourth-order valence-corrected chi connectivity index (χ4v) is 2.23. The first-order valence-electron chi connectivity index (χ1n) is 6.89. The van der Waals surface area contributed by atoms with Gasteiger partial charge in [0.15, 0.2) is 0 Å². The molecule has 0 saturated heterocycles. The summed E-state index contributed by atoms with van der Waals surface area (Å²) in [6.45, 7) is 0.503. The van der Waals surface area contributed by atoms with Gasteiger partial charge in [0.05, 0.1) is 0 Å². The average Bonchev–Trinajstić information content (AvgIpc) is 2.54. The Bertz CT molecular complexity index is 753. The van der Waals surface area contributed by atoms with Gasteiger partial charge in [0.2, 0.25) is 0 Å². The largest absolute Gasteiger partial charge is 0.334 e. The molecule has 3 rings (SSSR count). The third kappa shape index (κ3) is 3.39. The summed E-state index contributed by atoms with van der Waals surface area (Å²) in [6, 6.07) is 23.6. The predicted octanol–water partition coefficient (Wildman–Crippen LogP) is 4.16. The molecule has 0 aliphatic rings. The second-order valence-electron chi connectivity index (χ2n) is 4.86. The van der Waals surface area contributed by atoms with Crippen LogP contribution in [0, 0.1) is 0 Å². The Hall–Kier alpha value is -2.81. The highest BCUT2D eigenvalue weighted by Gasteiger charge is 2.01. The van der Waals surface area contributed by atoms with Gasteiger partial charge in [-0.1, -0.05) is 54.6 Å². The number of amides is 2. The first kappa shape index (κ1) is 13.2. The molecule has 0 bridgehead atoms. The highest BCUT2D eigenvalue weighted by Crippen LogP contribution is 2.15. The van der Waals surface area contributed by atoms with Crippen molar-refractivity contribution in [3.8, 4) is 0 Å². The average molecular weight is 276 g/mol. The molecule has 0 radical (unpaired) electrons. The first-order chi connectivity index (χ1) is 10.3. The Balaban J connectivity index is 1.62. The summed E-state index contributed by atoms with van der Waals surface area (Å²) in [5.74, 6) is 0. The van der Waals surface area contributed by atoms with Crippen molar-refractivity contribution in [1.29, 1.82) is 0 Å². The molecule has 0 atom stereocenters. The van der Waals surface area contributed by atoms with Crippen LogP contribution in [-0.2, 0) is 6.54 Å². The molecule has 3 heteroatoms. The summed E-state index contributed by atoms with van der Waals surface area (Å²) in [7, 11) is 0. The van der Waals surface area contributed by atoms with Crippen molar-refractivity contribution >= 4 is 22.5 Å². The molecule has 0 aliphatic carbocycles. The molecular weight excluding hydrogens is 260 g/mol. The van der Waals surface area contributed by atoms with E-state index in [-0.39, 0.29) is 6.03 Å². The standard InChI is InChI=1S/C18H16N2O/c21-18(20-17-8-2-1-3-9-17)19-13-14-10-11-15-6-4-5-7-16(15)12-14/h1-12H,13H2,(H2,19,20,21). The molecule has 3 aromatic rings. The van der Waals surface area contributed by atoms with Gasteiger partial charge in [-0.05, 0) is 34.5 Å².